The fourth-order valence-electron chi connectivity index (χ4n) is 2.55. The number of aliphatic imine (C=N–C) groups is 1. The molecule has 0 aliphatic carbocycles. The molecule has 0 aliphatic rings. The number of carbonyl (C=O) groups is 1. The Kier molecular flexibility index (Phi) is 8.83. The predicted molar refractivity (Wildman–Crippen MR) is 111 cm³/mol. The number of aryl methyl sites for hydroxylation is 1. The minimum atomic E-state index is 0.0902. The Morgan fingerprint density at radius 2 is 2.04 bits per heavy atom. The van der Waals surface area contributed by atoms with E-state index in [-0.39, 0.29) is 5.91 Å². The van der Waals surface area contributed by atoms with Crippen LogP contribution in [0.5, 0.6) is 0 Å². The summed E-state index contributed by atoms with van der Waals surface area (Å²) in [6, 6.07) is 9.85. The van der Waals surface area contributed by atoms with E-state index < -0.39 is 0 Å². The van der Waals surface area contributed by atoms with Gasteiger partial charge in [0.05, 0.1) is 0 Å². The van der Waals surface area contributed by atoms with Crippen molar-refractivity contribution < 1.29 is 4.79 Å². The van der Waals surface area contributed by atoms with Crippen molar-refractivity contribution in [3.05, 3.63) is 52.8 Å². The Morgan fingerprint density at radius 3 is 2.74 bits per heavy atom. The van der Waals surface area contributed by atoms with Crippen LogP contribution in [0.25, 0.3) is 0 Å². The predicted octanol–water partition coefficient (Wildman–Crippen LogP) is 2.25. The van der Waals surface area contributed by atoms with Gasteiger partial charge in [-0.25, -0.2) is 0 Å². The Balaban J connectivity index is 1.64. The highest BCUT2D eigenvalue weighted by molar-refractivity contribution is 9.10. The first kappa shape index (κ1) is 21.0. The summed E-state index contributed by atoms with van der Waals surface area (Å²) >= 11 is 3.52. The van der Waals surface area contributed by atoms with E-state index >= 15 is 0 Å². The highest BCUT2D eigenvalue weighted by atomic mass is 79.9. The topological polar surface area (TPSA) is 74.5 Å². The van der Waals surface area contributed by atoms with Crippen molar-refractivity contribution in [3.63, 3.8) is 0 Å². The number of halogens is 1. The lowest BCUT2D eigenvalue weighted by Crippen LogP contribution is -2.40. The van der Waals surface area contributed by atoms with Crippen LogP contribution in [0, 0.1) is 0 Å². The van der Waals surface area contributed by atoms with Crippen LogP contribution in [0.3, 0.4) is 0 Å². The zero-order valence-electron chi connectivity index (χ0n) is 15.9. The Hall–Kier alpha value is -2.35. The van der Waals surface area contributed by atoms with Crippen LogP contribution in [0.1, 0.15) is 18.4 Å². The van der Waals surface area contributed by atoms with Crippen LogP contribution in [-0.4, -0.2) is 53.7 Å². The molecular weight excluding hydrogens is 408 g/mol. The van der Waals surface area contributed by atoms with Gasteiger partial charge in [0, 0.05) is 63.6 Å². The first-order chi connectivity index (χ1) is 13.1. The van der Waals surface area contributed by atoms with Crippen LogP contribution in [0.2, 0.25) is 0 Å². The fraction of sp³-hybridized carbons (Fsp3) is 0.421. The molecule has 0 saturated carbocycles. The van der Waals surface area contributed by atoms with Crippen molar-refractivity contribution in [1.82, 2.24) is 25.3 Å². The molecule has 0 aliphatic heterocycles. The van der Waals surface area contributed by atoms with Crippen molar-refractivity contribution >= 4 is 27.8 Å². The highest BCUT2D eigenvalue weighted by Crippen LogP contribution is 2.17. The molecule has 0 bridgehead atoms. The largest absolute Gasteiger partial charge is 0.356 e. The molecule has 0 fully saturated rings. The molecule has 0 unspecified atom stereocenters. The lowest BCUT2D eigenvalue weighted by molar-refractivity contribution is -0.130. The summed E-state index contributed by atoms with van der Waals surface area (Å²) in [7, 11) is 3.55. The van der Waals surface area contributed by atoms with Crippen molar-refractivity contribution in [1.29, 1.82) is 0 Å². The molecule has 27 heavy (non-hydrogen) atoms. The lowest BCUT2D eigenvalue weighted by atomic mass is 10.2. The van der Waals surface area contributed by atoms with Crippen LogP contribution >= 0.6 is 15.9 Å². The summed E-state index contributed by atoms with van der Waals surface area (Å²) in [5.74, 6) is 0.795. The molecule has 1 amide bonds. The average molecular weight is 435 g/mol. The summed E-state index contributed by atoms with van der Waals surface area (Å²) < 4.78 is 2.92. The molecule has 1 heterocycles. The molecule has 0 radical (unpaired) electrons. The monoisotopic (exact) mass is 434 g/mol. The lowest BCUT2D eigenvalue weighted by Gasteiger charge is -2.19. The molecular formula is C19H27BrN6O. The van der Waals surface area contributed by atoms with Gasteiger partial charge >= 0.3 is 0 Å². The minimum absolute atomic E-state index is 0.0902. The first-order valence-corrected chi connectivity index (χ1v) is 9.78. The van der Waals surface area contributed by atoms with E-state index in [1.165, 1.54) is 0 Å². The van der Waals surface area contributed by atoms with Crippen LogP contribution in [0.15, 0.2) is 52.2 Å². The zero-order valence-corrected chi connectivity index (χ0v) is 17.4. The number of guanidine groups is 1. The third kappa shape index (κ3) is 7.42. The van der Waals surface area contributed by atoms with Crippen molar-refractivity contribution in [3.8, 4) is 0 Å². The summed E-state index contributed by atoms with van der Waals surface area (Å²) in [5, 5.41) is 10.6. The normalized spacial score (nSPS) is 11.3. The Bertz CT molecular complexity index is 732. The quantitative estimate of drug-likeness (QED) is 0.360. The van der Waals surface area contributed by atoms with E-state index in [0.29, 0.717) is 25.5 Å². The van der Waals surface area contributed by atoms with Gasteiger partial charge in [-0.2, -0.15) is 5.10 Å². The number of amides is 1. The average Bonchev–Trinajstić information content (AvgIpc) is 3.18. The van der Waals surface area contributed by atoms with Crippen LogP contribution < -0.4 is 10.6 Å². The number of aromatic nitrogens is 2. The van der Waals surface area contributed by atoms with Gasteiger partial charge in [0.25, 0.3) is 0 Å². The van der Waals surface area contributed by atoms with E-state index in [9.17, 15) is 4.79 Å². The van der Waals surface area contributed by atoms with Gasteiger partial charge in [0.1, 0.15) is 0 Å². The molecule has 2 N–H and O–H groups in total. The number of carbonyl (C=O) groups excluding carboxylic acids is 1. The van der Waals surface area contributed by atoms with E-state index in [1.807, 2.05) is 48.3 Å². The number of hydrogen-bond acceptors (Lipinski definition) is 3. The maximum atomic E-state index is 12.3. The summed E-state index contributed by atoms with van der Waals surface area (Å²) in [5.41, 5.74) is 1.09. The van der Waals surface area contributed by atoms with E-state index in [2.05, 4.69) is 36.7 Å². The van der Waals surface area contributed by atoms with Gasteiger partial charge in [0.2, 0.25) is 5.91 Å². The molecule has 1 aromatic carbocycles. The molecule has 0 saturated heterocycles. The second-order valence-electron chi connectivity index (χ2n) is 6.14. The SMILES string of the molecule is CN=C(NCCCn1cccn1)NCCC(=O)N(C)Cc1ccccc1Br. The van der Waals surface area contributed by atoms with Gasteiger partial charge in [-0.3, -0.25) is 14.5 Å². The number of rotatable bonds is 9. The first-order valence-electron chi connectivity index (χ1n) is 8.99. The van der Waals surface area contributed by atoms with Gasteiger partial charge in [-0.15, -0.1) is 0 Å². The summed E-state index contributed by atoms with van der Waals surface area (Å²) in [6.07, 6.45) is 5.08. The molecule has 146 valence electrons. The second-order valence-corrected chi connectivity index (χ2v) is 6.99. The molecule has 0 spiro atoms. The maximum Gasteiger partial charge on any atom is 0.224 e. The number of nitrogens with one attached hydrogen (secondary N) is 2. The molecule has 2 rings (SSSR count). The third-order valence-corrected chi connectivity index (χ3v) is 4.84. The van der Waals surface area contributed by atoms with Crippen molar-refractivity contribution in [2.75, 3.05) is 27.2 Å². The number of nitrogens with zero attached hydrogens (tertiary/aromatic N) is 4. The van der Waals surface area contributed by atoms with Gasteiger partial charge < -0.3 is 15.5 Å². The van der Waals surface area contributed by atoms with Crippen molar-refractivity contribution in [2.24, 2.45) is 4.99 Å². The third-order valence-electron chi connectivity index (χ3n) is 4.06. The van der Waals surface area contributed by atoms with Crippen LogP contribution in [0.4, 0.5) is 0 Å². The summed E-state index contributed by atoms with van der Waals surface area (Å²) in [4.78, 5) is 18.2. The van der Waals surface area contributed by atoms with E-state index in [0.717, 1.165) is 29.5 Å². The van der Waals surface area contributed by atoms with Crippen LogP contribution in [-0.2, 0) is 17.9 Å². The van der Waals surface area contributed by atoms with Gasteiger partial charge in [-0.05, 0) is 24.1 Å². The Morgan fingerprint density at radius 1 is 1.26 bits per heavy atom. The number of hydrogen-bond donors (Lipinski definition) is 2. The molecule has 8 heteroatoms. The molecule has 1 aromatic heterocycles. The highest BCUT2D eigenvalue weighted by Gasteiger charge is 2.10. The summed E-state index contributed by atoms with van der Waals surface area (Å²) in [6.45, 7) is 2.77. The molecule has 0 atom stereocenters. The van der Waals surface area contributed by atoms with E-state index in [1.54, 1.807) is 18.1 Å². The maximum absolute atomic E-state index is 12.3. The Labute approximate surface area is 169 Å². The number of benzene rings is 1. The molecule has 2 aromatic rings. The minimum Gasteiger partial charge on any atom is -0.356 e. The smallest absolute Gasteiger partial charge is 0.224 e. The molecule has 7 nitrogen and oxygen atoms in total. The van der Waals surface area contributed by atoms with Gasteiger partial charge in [-0.1, -0.05) is 34.1 Å². The standard InChI is InChI=1S/C19H27BrN6O/c1-21-19(22-10-5-13-26-14-6-11-24-26)23-12-9-18(27)25(2)15-16-7-3-4-8-17(16)20/h3-4,6-8,11,14H,5,9-10,12-13,15H2,1-2H3,(H2,21,22,23). The second kappa shape index (κ2) is 11.4. The van der Waals surface area contributed by atoms with Gasteiger partial charge in [0.15, 0.2) is 5.96 Å². The fourth-order valence-corrected chi connectivity index (χ4v) is 2.96. The zero-order chi connectivity index (χ0) is 19.5. The van der Waals surface area contributed by atoms with E-state index in [4.69, 9.17) is 0 Å². The van der Waals surface area contributed by atoms with Crippen molar-refractivity contribution in [2.45, 2.75) is 25.9 Å².